The van der Waals surface area contributed by atoms with Crippen LogP contribution in [-0.2, 0) is 0 Å². The molecule has 0 saturated heterocycles. The van der Waals surface area contributed by atoms with Gasteiger partial charge in [0.1, 0.15) is 5.75 Å². The van der Waals surface area contributed by atoms with Gasteiger partial charge in [0.25, 0.3) is 0 Å². The van der Waals surface area contributed by atoms with E-state index in [1.54, 1.807) is 4.40 Å². The highest BCUT2D eigenvalue weighted by molar-refractivity contribution is 5.89. The number of alkyl halides is 3. The highest BCUT2D eigenvalue weighted by Crippen LogP contribution is 2.24. The second-order valence-electron chi connectivity index (χ2n) is 6.84. The molecule has 0 aliphatic heterocycles. The molecule has 2 aromatic heterocycles. The summed E-state index contributed by atoms with van der Waals surface area (Å²) in [5.74, 6) is 0.504. The van der Waals surface area contributed by atoms with E-state index in [1.807, 2.05) is 38.2 Å². The number of nitrogens with one attached hydrogen (secondary N) is 2. The molecule has 0 unspecified atom stereocenters. The molecule has 1 aromatic carbocycles. The number of anilines is 1. The number of ether oxygens (including phenoxy) is 1. The van der Waals surface area contributed by atoms with Gasteiger partial charge in [-0.1, -0.05) is 19.9 Å². The second kappa shape index (κ2) is 8.38. The van der Waals surface area contributed by atoms with Crippen LogP contribution < -0.4 is 15.4 Å². The van der Waals surface area contributed by atoms with Gasteiger partial charge in [0, 0.05) is 11.9 Å². The lowest BCUT2D eigenvalue weighted by Crippen LogP contribution is -2.34. The quantitative estimate of drug-likeness (QED) is 0.629. The lowest BCUT2D eigenvalue weighted by Gasteiger charge is -2.19. The topological polar surface area (TPSA) is 80.5 Å². The Labute approximate surface area is 164 Å². The zero-order valence-electron chi connectivity index (χ0n) is 15.8. The molecule has 7 nitrogen and oxygen atoms in total. The molecule has 3 aromatic rings. The van der Waals surface area contributed by atoms with Crippen molar-refractivity contribution >= 4 is 17.4 Å². The van der Waals surface area contributed by atoms with Crippen molar-refractivity contribution in [2.45, 2.75) is 32.7 Å². The molecular weight excluding hydrogens is 387 g/mol. The van der Waals surface area contributed by atoms with Gasteiger partial charge in [-0.3, -0.25) is 4.40 Å². The zero-order valence-corrected chi connectivity index (χ0v) is 15.8. The van der Waals surface area contributed by atoms with E-state index in [0.717, 1.165) is 12.1 Å². The predicted octanol–water partition coefficient (Wildman–Crippen LogP) is 4.54. The van der Waals surface area contributed by atoms with E-state index in [0.29, 0.717) is 23.6 Å². The molecule has 2 N–H and O–H groups in total. The third kappa shape index (κ3) is 5.59. The molecule has 3 rings (SSSR count). The Bertz CT molecular complexity index is 970. The lowest BCUT2D eigenvalue weighted by molar-refractivity contribution is -0.274. The Hall–Kier alpha value is -3.30. The number of nitrogens with zero attached hydrogens (tertiary/aromatic N) is 3. The summed E-state index contributed by atoms with van der Waals surface area (Å²) in [5.41, 5.74) is 0.991. The molecule has 1 atom stereocenters. The van der Waals surface area contributed by atoms with Gasteiger partial charge in [-0.15, -0.1) is 23.4 Å². The minimum atomic E-state index is -4.77. The standard InChI is InChI=1S/C19H20F3N5O2/c1-12(2)11-15(17-26-25-16-5-3-4-10-27(16)17)24-18(28)23-13-6-8-14(9-7-13)29-19(20,21)22/h3-10,12,15H,11H2,1-2H3,(H2,23,24,28)/t15-/m0/s1. The number of carbonyl (C=O) groups excluding carboxylic acids is 1. The minimum absolute atomic E-state index is 0.273. The molecule has 29 heavy (non-hydrogen) atoms. The molecule has 0 fully saturated rings. The van der Waals surface area contributed by atoms with E-state index in [1.165, 1.54) is 12.1 Å². The molecular formula is C19H20F3N5O2. The average Bonchev–Trinajstić information content (AvgIpc) is 3.05. The minimum Gasteiger partial charge on any atom is -0.406 e. The van der Waals surface area contributed by atoms with Gasteiger partial charge in [0.15, 0.2) is 11.5 Å². The zero-order chi connectivity index (χ0) is 21.0. The molecule has 10 heteroatoms. The van der Waals surface area contributed by atoms with Crippen LogP contribution in [-0.4, -0.2) is 27.0 Å². The van der Waals surface area contributed by atoms with Gasteiger partial charge < -0.3 is 15.4 Å². The highest BCUT2D eigenvalue weighted by Gasteiger charge is 2.31. The summed E-state index contributed by atoms with van der Waals surface area (Å²) in [6.45, 7) is 4.05. The van der Waals surface area contributed by atoms with Crippen LogP contribution in [0.3, 0.4) is 0 Å². The number of fused-ring (bicyclic) bond motifs is 1. The van der Waals surface area contributed by atoms with Gasteiger partial charge in [0.05, 0.1) is 6.04 Å². The van der Waals surface area contributed by atoms with Crippen LogP contribution in [0.25, 0.3) is 5.65 Å². The third-order valence-electron chi connectivity index (χ3n) is 4.01. The number of urea groups is 1. The Morgan fingerprint density at radius 3 is 2.52 bits per heavy atom. The first-order valence-electron chi connectivity index (χ1n) is 8.94. The first-order valence-corrected chi connectivity index (χ1v) is 8.94. The number of rotatable bonds is 6. The fourth-order valence-corrected chi connectivity index (χ4v) is 2.86. The largest absolute Gasteiger partial charge is 0.573 e. The van der Waals surface area contributed by atoms with Crippen LogP contribution in [0.2, 0.25) is 0 Å². The van der Waals surface area contributed by atoms with Crippen LogP contribution in [0.1, 0.15) is 32.1 Å². The molecule has 0 aliphatic carbocycles. The van der Waals surface area contributed by atoms with E-state index in [2.05, 4.69) is 25.6 Å². The fraction of sp³-hybridized carbons (Fsp3) is 0.316. The molecule has 0 aliphatic rings. The van der Waals surface area contributed by atoms with Crippen molar-refractivity contribution in [1.82, 2.24) is 19.9 Å². The smallest absolute Gasteiger partial charge is 0.406 e. The highest BCUT2D eigenvalue weighted by atomic mass is 19.4. The van der Waals surface area contributed by atoms with Crippen LogP contribution in [0.4, 0.5) is 23.7 Å². The molecule has 154 valence electrons. The van der Waals surface area contributed by atoms with Crippen molar-refractivity contribution in [3.8, 4) is 5.75 Å². The van der Waals surface area contributed by atoms with E-state index in [9.17, 15) is 18.0 Å². The number of aromatic nitrogens is 3. The van der Waals surface area contributed by atoms with Gasteiger partial charge in [-0.2, -0.15) is 0 Å². The molecule has 0 saturated carbocycles. The average molecular weight is 407 g/mol. The predicted molar refractivity (Wildman–Crippen MR) is 100 cm³/mol. The van der Waals surface area contributed by atoms with Gasteiger partial charge in [0.2, 0.25) is 0 Å². The monoisotopic (exact) mass is 407 g/mol. The number of hydrogen-bond donors (Lipinski definition) is 2. The summed E-state index contributed by atoms with van der Waals surface area (Å²) in [5, 5.41) is 13.8. The maximum absolute atomic E-state index is 12.5. The second-order valence-corrected chi connectivity index (χ2v) is 6.84. The third-order valence-corrected chi connectivity index (χ3v) is 4.01. The number of pyridine rings is 1. The summed E-state index contributed by atoms with van der Waals surface area (Å²) >= 11 is 0. The maximum atomic E-state index is 12.5. The molecule has 2 heterocycles. The van der Waals surface area contributed by atoms with Crippen molar-refractivity contribution in [2.24, 2.45) is 5.92 Å². The summed E-state index contributed by atoms with van der Waals surface area (Å²) in [4.78, 5) is 12.5. The summed E-state index contributed by atoms with van der Waals surface area (Å²) < 4.78 is 42.3. The molecule has 0 radical (unpaired) electrons. The number of halogens is 3. The molecule has 0 bridgehead atoms. The summed E-state index contributed by atoms with van der Waals surface area (Å²) in [7, 11) is 0. The molecule has 0 spiro atoms. The van der Waals surface area contributed by atoms with Crippen LogP contribution >= 0.6 is 0 Å². The Balaban J connectivity index is 1.70. The Kier molecular flexibility index (Phi) is 5.90. The van der Waals surface area contributed by atoms with Crippen molar-refractivity contribution in [1.29, 1.82) is 0 Å². The van der Waals surface area contributed by atoms with E-state index >= 15 is 0 Å². The number of amides is 2. The lowest BCUT2D eigenvalue weighted by atomic mass is 10.0. The van der Waals surface area contributed by atoms with E-state index in [-0.39, 0.29) is 11.7 Å². The van der Waals surface area contributed by atoms with E-state index in [4.69, 9.17) is 0 Å². The number of hydrogen-bond acceptors (Lipinski definition) is 4. The first-order chi connectivity index (χ1) is 13.7. The first kappa shape index (κ1) is 20.4. The SMILES string of the molecule is CC(C)C[C@H](NC(=O)Nc1ccc(OC(F)(F)F)cc1)c1nnc2ccccn12. The van der Waals surface area contributed by atoms with Crippen LogP contribution in [0.5, 0.6) is 5.75 Å². The summed E-state index contributed by atoms with van der Waals surface area (Å²) in [6, 6.07) is 9.49. The number of benzene rings is 1. The van der Waals surface area contributed by atoms with Crippen molar-refractivity contribution in [2.75, 3.05) is 5.32 Å². The van der Waals surface area contributed by atoms with Crippen LogP contribution in [0, 0.1) is 5.92 Å². The number of carbonyl (C=O) groups is 1. The van der Waals surface area contributed by atoms with Crippen molar-refractivity contribution in [3.05, 3.63) is 54.5 Å². The van der Waals surface area contributed by atoms with Gasteiger partial charge in [-0.05, 0) is 48.7 Å². The normalized spacial score (nSPS) is 12.8. The Morgan fingerprint density at radius 1 is 1.14 bits per heavy atom. The maximum Gasteiger partial charge on any atom is 0.573 e. The van der Waals surface area contributed by atoms with Crippen molar-refractivity contribution in [3.63, 3.8) is 0 Å². The van der Waals surface area contributed by atoms with Crippen LogP contribution in [0.15, 0.2) is 48.7 Å². The summed E-state index contributed by atoms with van der Waals surface area (Å²) in [6.07, 6.45) is -2.32. The van der Waals surface area contributed by atoms with E-state index < -0.39 is 18.4 Å². The van der Waals surface area contributed by atoms with Gasteiger partial charge in [-0.25, -0.2) is 4.79 Å². The van der Waals surface area contributed by atoms with Gasteiger partial charge >= 0.3 is 12.4 Å². The van der Waals surface area contributed by atoms with Crippen molar-refractivity contribution < 1.29 is 22.7 Å². The molecule has 2 amide bonds. The Morgan fingerprint density at radius 2 is 1.86 bits per heavy atom. The fourth-order valence-electron chi connectivity index (χ4n) is 2.86.